The van der Waals surface area contributed by atoms with Crippen LogP contribution in [0.5, 0.6) is 0 Å². The van der Waals surface area contributed by atoms with Crippen LogP contribution in [-0.2, 0) is 6.54 Å². The fraction of sp³-hybridized carbons (Fsp3) is 0.250. The minimum Gasteiger partial charge on any atom is -0.273 e. The highest BCUT2D eigenvalue weighted by atomic mass is 127. The molecule has 0 saturated heterocycles. The number of aryl methyl sites for hydroxylation is 1. The molecule has 0 aliphatic carbocycles. The number of aliphatic imine (C=N–C) groups is 1. The zero-order chi connectivity index (χ0) is 7.84. The maximum atomic E-state index is 4.31. The summed E-state index contributed by atoms with van der Waals surface area (Å²) in [6.07, 6.45) is 1.92. The fourth-order valence-electron chi connectivity index (χ4n) is 1.15. The van der Waals surface area contributed by atoms with Gasteiger partial charge in [-0.3, -0.25) is 9.98 Å². The molecule has 0 atom stereocenters. The van der Waals surface area contributed by atoms with Crippen LogP contribution in [0.2, 0.25) is 0 Å². The van der Waals surface area contributed by atoms with E-state index >= 15 is 0 Å². The summed E-state index contributed by atoms with van der Waals surface area (Å²) in [6.45, 7) is 2.81. The number of aromatic nitrogens is 1. The van der Waals surface area contributed by atoms with E-state index in [4.69, 9.17) is 0 Å². The molecule has 0 radical (unpaired) electrons. The van der Waals surface area contributed by atoms with Gasteiger partial charge in [0.2, 0.25) is 0 Å². The van der Waals surface area contributed by atoms with Gasteiger partial charge in [-0.15, -0.1) is 0 Å². The molecular formula is C8H7IN2. The van der Waals surface area contributed by atoms with Gasteiger partial charge in [-0.25, -0.2) is 0 Å². The first kappa shape index (κ1) is 7.21. The van der Waals surface area contributed by atoms with Gasteiger partial charge in [-0.05, 0) is 35.6 Å². The summed E-state index contributed by atoms with van der Waals surface area (Å²) in [5, 5.41) is 0. The molecule has 11 heavy (non-hydrogen) atoms. The molecule has 56 valence electrons. The molecule has 0 saturated carbocycles. The third-order valence-corrected chi connectivity index (χ3v) is 2.66. The second kappa shape index (κ2) is 2.55. The lowest BCUT2D eigenvalue weighted by atomic mass is 10.2. The van der Waals surface area contributed by atoms with Crippen LogP contribution in [0.15, 0.2) is 17.3 Å². The predicted molar refractivity (Wildman–Crippen MR) is 53.2 cm³/mol. The highest BCUT2D eigenvalue weighted by molar-refractivity contribution is 14.1. The number of halogens is 1. The van der Waals surface area contributed by atoms with Crippen molar-refractivity contribution in [3.8, 4) is 0 Å². The number of rotatable bonds is 0. The van der Waals surface area contributed by atoms with E-state index in [1.54, 1.807) is 0 Å². The molecule has 0 amide bonds. The third-order valence-electron chi connectivity index (χ3n) is 1.73. The number of nitrogens with zero attached hydrogens (tertiary/aromatic N) is 2. The molecule has 0 fully saturated rings. The molecule has 0 bridgehead atoms. The van der Waals surface area contributed by atoms with Crippen molar-refractivity contribution in [2.75, 3.05) is 0 Å². The second-order valence-corrected chi connectivity index (χ2v) is 3.61. The van der Waals surface area contributed by atoms with Crippen LogP contribution in [0.3, 0.4) is 0 Å². The zero-order valence-corrected chi connectivity index (χ0v) is 8.29. The first-order chi connectivity index (χ1) is 5.27. The van der Waals surface area contributed by atoms with Crippen LogP contribution < -0.4 is 0 Å². The van der Waals surface area contributed by atoms with Crippen molar-refractivity contribution < 1.29 is 0 Å². The Bertz CT molecular complexity index is 331. The van der Waals surface area contributed by atoms with E-state index in [9.17, 15) is 0 Å². The normalized spacial score (nSPS) is 14.5. The van der Waals surface area contributed by atoms with E-state index in [2.05, 4.69) is 38.6 Å². The van der Waals surface area contributed by atoms with Crippen molar-refractivity contribution in [3.63, 3.8) is 0 Å². The highest BCUT2D eigenvalue weighted by Gasteiger charge is 2.12. The Kier molecular flexibility index (Phi) is 1.67. The smallest absolute Gasteiger partial charge is 0.103 e. The summed E-state index contributed by atoms with van der Waals surface area (Å²) in [7, 11) is 0. The third kappa shape index (κ3) is 1.17. The van der Waals surface area contributed by atoms with Crippen LogP contribution in [-0.4, -0.2) is 8.70 Å². The van der Waals surface area contributed by atoms with Crippen LogP contribution in [0.4, 0.5) is 0 Å². The van der Waals surface area contributed by atoms with E-state index in [0.717, 1.165) is 16.0 Å². The van der Waals surface area contributed by atoms with Gasteiger partial charge in [0.15, 0.2) is 0 Å². The van der Waals surface area contributed by atoms with Gasteiger partial charge in [0.25, 0.3) is 0 Å². The van der Waals surface area contributed by atoms with Crippen LogP contribution in [0, 0.1) is 6.92 Å². The molecule has 0 unspecified atom stereocenters. The SMILES string of the molecule is Cc1cc2c(cn1)CN=C2I. The zero-order valence-electron chi connectivity index (χ0n) is 6.13. The van der Waals surface area contributed by atoms with Gasteiger partial charge in [0, 0.05) is 23.0 Å². The highest BCUT2D eigenvalue weighted by Crippen LogP contribution is 2.21. The number of fused-ring (bicyclic) bond motifs is 1. The lowest BCUT2D eigenvalue weighted by Crippen LogP contribution is -1.91. The molecule has 1 aliphatic heterocycles. The van der Waals surface area contributed by atoms with Crippen molar-refractivity contribution in [2.45, 2.75) is 13.5 Å². The minimum atomic E-state index is 0.806. The van der Waals surface area contributed by atoms with Crippen molar-refractivity contribution >= 4 is 26.3 Å². The maximum Gasteiger partial charge on any atom is 0.103 e. The summed E-state index contributed by atoms with van der Waals surface area (Å²) in [6, 6.07) is 2.09. The maximum absolute atomic E-state index is 4.31. The summed E-state index contributed by atoms with van der Waals surface area (Å²) in [4.78, 5) is 8.52. The van der Waals surface area contributed by atoms with Gasteiger partial charge < -0.3 is 0 Å². The second-order valence-electron chi connectivity index (χ2n) is 2.59. The Labute approximate surface area is 78.9 Å². The lowest BCUT2D eigenvalue weighted by Gasteiger charge is -1.97. The molecule has 1 aliphatic rings. The molecule has 3 heteroatoms. The quantitative estimate of drug-likeness (QED) is 0.654. The van der Waals surface area contributed by atoms with E-state index < -0.39 is 0 Å². The van der Waals surface area contributed by atoms with E-state index in [1.807, 2.05) is 13.1 Å². The molecule has 2 nitrogen and oxygen atoms in total. The molecular weight excluding hydrogens is 251 g/mol. The summed E-state index contributed by atoms with van der Waals surface area (Å²) in [5.74, 6) is 0. The first-order valence-corrected chi connectivity index (χ1v) is 4.51. The standard InChI is InChI=1S/C8H7IN2/c1-5-2-7-6(3-10-5)4-11-8(7)9/h2-3H,4H2,1H3. The topological polar surface area (TPSA) is 25.2 Å². The Hall–Kier alpha value is -0.450. The van der Waals surface area contributed by atoms with Crippen molar-refractivity contribution in [1.82, 2.24) is 4.98 Å². The Morgan fingerprint density at radius 2 is 2.36 bits per heavy atom. The van der Waals surface area contributed by atoms with Crippen molar-refractivity contribution in [2.24, 2.45) is 4.99 Å². The van der Waals surface area contributed by atoms with E-state index in [-0.39, 0.29) is 0 Å². The Morgan fingerprint density at radius 1 is 1.55 bits per heavy atom. The first-order valence-electron chi connectivity index (χ1n) is 3.43. The lowest BCUT2D eigenvalue weighted by molar-refractivity contribution is 1.07. The average molecular weight is 258 g/mol. The van der Waals surface area contributed by atoms with Crippen molar-refractivity contribution in [1.29, 1.82) is 0 Å². The monoisotopic (exact) mass is 258 g/mol. The van der Waals surface area contributed by atoms with Gasteiger partial charge in [-0.1, -0.05) is 0 Å². The van der Waals surface area contributed by atoms with Crippen LogP contribution in [0.25, 0.3) is 0 Å². The summed E-state index contributed by atoms with van der Waals surface area (Å²) >= 11 is 2.26. The minimum absolute atomic E-state index is 0.806. The number of pyridine rings is 1. The van der Waals surface area contributed by atoms with E-state index in [1.165, 1.54) is 11.1 Å². The molecule has 1 aromatic heterocycles. The van der Waals surface area contributed by atoms with Gasteiger partial charge in [0.05, 0.1) is 6.54 Å². The predicted octanol–water partition coefficient (Wildman–Crippen LogP) is 2.09. The molecule has 0 N–H and O–H groups in total. The van der Waals surface area contributed by atoms with Gasteiger partial charge >= 0.3 is 0 Å². The number of hydrogen-bond donors (Lipinski definition) is 0. The Balaban J connectivity index is 2.60. The Morgan fingerprint density at radius 3 is 3.18 bits per heavy atom. The molecule has 2 rings (SSSR count). The van der Waals surface area contributed by atoms with Crippen molar-refractivity contribution in [3.05, 3.63) is 29.1 Å². The summed E-state index contributed by atoms with van der Waals surface area (Å²) < 4.78 is 1.11. The fourth-order valence-corrected chi connectivity index (χ4v) is 1.82. The van der Waals surface area contributed by atoms with Gasteiger partial charge in [-0.2, -0.15) is 0 Å². The van der Waals surface area contributed by atoms with Gasteiger partial charge in [0.1, 0.15) is 3.72 Å². The molecule has 0 spiro atoms. The van der Waals surface area contributed by atoms with Crippen LogP contribution >= 0.6 is 22.6 Å². The largest absolute Gasteiger partial charge is 0.273 e. The van der Waals surface area contributed by atoms with Crippen LogP contribution in [0.1, 0.15) is 16.8 Å². The number of hydrogen-bond acceptors (Lipinski definition) is 2. The van der Waals surface area contributed by atoms with E-state index in [0.29, 0.717) is 0 Å². The summed E-state index contributed by atoms with van der Waals surface area (Å²) in [5.41, 5.74) is 3.58. The molecule has 1 aromatic rings. The molecule has 2 heterocycles. The average Bonchev–Trinajstić information content (AvgIpc) is 2.33. The molecule has 0 aromatic carbocycles.